The summed E-state index contributed by atoms with van der Waals surface area (Å²) in [4.78, 5) is 25.3. The topological polar surface area (TPSA) is 62.8 Å². The molecule has 0 aliphatic heterocycles. The molecule has 1 aromatic heterocycles. The molecule has 0 radical (unpaired) electrons. The Morgan fingerprint density at radius 2 is 2.40 bits per heavy atom. The molecule has 1 heterocycles. The zero-order chi connectivity index (χ0) is 7.56. The minimum absolute atomic E-state index is 0.375. The summed E-state index contributed by atoms with van der Waals surface area (Å²) in [7, 11) is 0. The van der Waals surface area contributed by atoms with Crippen LogP contribution in [-0.2, 0) is 0 Å². The van der Waals surface area contributed by atoms with E-state index in [1.54, 1.807) is 0 Å². The van der Waals surface area contributed by atoms with E-state index in [0.717, 1.165) is 12.3 Å². The lowest BCUT2D eigenvalue weighted by atomic mass is 10.4. The third kappa shape index (κ3) is 1.25. The van der Waals surface area contributed by atoms with Crippen LogP contribution in [0.3, 0.4) is 0 Å². The van der Waals surface area contributed by atoms with Crippen molar-refractivity contribution >= 4 is 6.04 Å². The number of nitrogens with one attached hydrogen (secondary N) is 1. The lowest BCUT2D eigenvalue weighted by Crippen LogP contribution is -2.12. The third-order valence-electron chi connectivity index (χ3n) is 0.886. The van der Waals surface area contributed by atoms with Gasteiger partial charge in [-0.1, -0.05) is 0 Å². The van der Waals surface area contributed by atoms with Gasteiger partial charge in [0.25, 0.3) is 0 Å². The number of H-pyrrole nitrogens is 1. The van der Waals surface area contributed by atoms with Crippen molar-refractivity contribution in [1.82, 2.24) is 9.97 Å². The fourth-order valence-electron chi connectivity index (χ4n) is 0.483. The molecule has 1 N–H and O–H groups in total. The van der Waals surface area contributed by atoms with Crippen molar-refractivity contribution in [2.45, 2.75) is 0 Å². The Balaban J connectivity index is 3.20. The number of aromatic amines is 1. The Morgan fingerprint density at radius 1 is 1.70 bits per heavy atom. The van der Waals surface area contributed by atoms with Gasteiger partial charge in [0.2, 0.25) is 0 Å². The second-order valence-corrected chi connectivity index (χ2v) is 1.56. The van der Waals surface area contributed by atoms with Crippen molar-refractivity contribution in [3.05, 3.63) is 28.4 Å². The van der Waals surface area contributed by atoms with Crippen LogP contribution >= 0.6 is 0 Å². The fourth-order valence-corrected chi connectivity index (χ4v) is 0.483. The minimum Gasteiger partial charge on any atom is -0.300 e. The Hall–Kier alpha value is -1.52. The van der Waals surface area contributed by atoms with E-state index in [2.05, 4.69) is 4.98 Å². The van der Waals surface area contributed by atoms with E-state index in [0.29, 0.717) is 0 Å². The van der Waals surface area contributed by atoms with Crippen LogP contribution in [0.15, 0.2) is 17.1 Å². The zero-order valence-corrected chi connectivity index (χ0v) is 4.80. The SMILES string of the molecule is O=C(F)c1ccnc(=O)[nH]1. The highest BCUT2D eigenvalue weighted by Crippen LogP contribution is 1.89. The summed E-state index contributed by atoms with van der Waals surface area (Å²) in [6.07, 6.45) is 1.06. The molecular weight excluding hydrogens is 139 g/mol. The quantitative estimate of drug-likeness (QED) is 0.556. The number of carbonyl (C=O) groups excluding carboxylic acids is 1. The molecule has 0 bridgehead atoms. The van der Waals surface area contributed by atoms with Gasteiger partial charge >= 0.3 is 11.7 Å². The summed E-state index contributed by atoms with van der Waals surface area (Å²) in [5, 5.41) is 0. The fraction of sp³-hybridized carbons (Fsp3) is 0. The van der Waals surface area contributed by atoms with Crippen molar-refractivity contribution in [2.24, 2.45) is 0 Å². The lowest BCUT2D eigenvalue weighted by molar-refractivity contribution is 0.0829. The van der Waals surface area contributed by atoms with Crippen molar-refractivity contribution in [1.29, 1.82) is 0 Å². The molecule has 0 spiro atoms. The van der Waals surface area contributed by atoms with Gasteiger partial charge in [-0.2, -0.15) is 4.39 Å². The molecule has 52 valence electrons. The van der Waals surface area contributed by atoms with Crippen molar-refractivity contribution < 1.29 is 9.18 Å². The summed E-state index contributed by atoms with van der Waals surface area (Å²) in [5.74, 6) is 0. The van der Waals surface area contributed by atoms with Crippen LogP contribution in [0.4, 0.5) is 4.39 Å². The Kier molecular flexibility index (Phi) is 1.57. The summed E-state index contributed by atoms with van der Waals surface area (Å²) < 4.78 is 11.8. The maximum atomic E-state index is 11.8. The maximum Gasteiger partial charge on any atom is 0.348 e. The summed E-state index contributed by atoms with van der Waals surface area (Å²) in [5.41, 5.74) is -1.11. The molecule has 1 aromatic rings. The molecule has 0 aliphatic rings. The molecule has 0 atom stereocenters. The van der Waals surface area contributed by atoms with Crippen LogP contribution in [0.2, 0.25) is 0 Å². The molecule has 0 fully saturated rings. The molecule has 0 saturated heterocycles. The second-order valence-electron chi connectivity index (χ2n) is 1.56. The van der Waals surface area contributed by atoms with Crippen LogP contribution in [0.5, 0.6) is 0 Å². The average molecular weight is 142 g/mol. The number of nitrogens with zero attached hydrogens (tertiary/aromatic N) is 1. The van der Waals surface area contributed by atoms with E-state index in [1.165, 1.54) is 0 Å². The first-order chi connectivity index (χ1) is 4.70. The average Bonchev–Trinajstić information content (AvgIpc) is 1.88. The highest BCUT2D eigenvalue weighted by Gasteiger charge is 2.01. The van der Waals surface area contributed by atoms with Gasteiger partial charge < -0.3 is 4.98 Å². The highest BCUT2D eigenvalue weighted by molar-refractivity contribution is 5.85. The van der Waals surface area contributed by atoms with Crippen molar-refractivity contribution in [3.8, 4) is 0 Å². The summed E-state index contributed by atoms with van der Waals surface area (Å²) >= 11 is 0. The van der Waals surface area contributed by atoms with Gasteiger partial charge in [0.1, 0.15) is 5.69 Å². The predicted molar refractivity (Wildman–Crippen MR) is 30.3 cm³/mol. The Labute approximate surface area is 54.7 Å². The molecule has 0 aromatic carbocycles. The van der Waals surface area contributed by atoms with Crippen LogP contribution in [0.25, 0.3) is 0 Å². The molecule has 0 saturated carbocycles. The van der Waals surface area contributed by atoms with Gasteiger partial charge in [-0.3, -0.25) is 4.79 Å². The maximum absolute atomic E-state index is 11.8. The number of rotatable bonds is 1. The van der Waals surface area contributed by atoms with Crippen molar-refractivity contribution in [3.63, 3.8) is 0 Å². The monoisotopic (exact) mass is 142 g/mol. The lowest BCUT2D eigenvalue weighted by Gasteiger charge is -1.86. The molecule has 1 rings (SSSR count). The van der Waals surface area contributed by atoms with Crippen LogP contribution < -0.4 is 5.69 Å². The number of aromatic nitrogens is 2. The van der Waals surface area contributed by atoms with Gasteiger partial charge in [0, 0.05) is 6.20 Å². The predicted octanol–water partition coefficient (Wildman–Crippen LogP) is -0.120. The molecular formula is C5H3FN2O2. The second kappa shape index (κ2) is 2.38. The first-order valence-corrected chi connectivity index (χ1v) is 2.45. The van der Waals surface area contributed by atoms with E-state index in [1.807, 2.05) is 4.98 Å². The van der Waals surface area contributed by atoms with Crippen LogP contribution in [-0.4, -0.2) is 16.0 Å². The molecule has 0 amide bonds. The van der Waals surface area contributed by atoms with E-state index in [-0.39, 0.29) is 5.69 Å². The van der Waals surface area contributed by atoms with Crippen LogP contribution in [0, 0.1) is 0 Å². The Morgan fingerprint density at radius 3 is 2.80 bits per heavy atom. The molecule has 0 aliphatic carbocycles. The van der Waals surface area contributed by atoms with Gasteiger partial charge in [-0.25, -0.2) is 9.78 Å². The van der Waals surface area contributed by atoms with E-state index in [9.17, 15) is 14.0 Å². The standard InChI is InChI=1S/C5H3FN2O2/c6-4(9)3-1-2-7-5(10)8-3/h1-2H,(H,7,8,10). The first-order valence-electron chi connectivity index (χ1n) is 2.45. The smallest absolute Gasteiger partial charge is 0.300 e. The normalized spacial score (nSPS) is 9.30. The summed E-state index contributed by atoms with van der Waals surface area (Å²) in [6, 6.07) is -0.580. The number of hydrogen-bond donors (Lipinski definition) is 1. The minimum atomic E-state index is -1.67. The molecule has 0 unspecified atom stereocenters. The summed E-state index contributed by atoms with van der Waals surface area (Å²) in [6.45, 7) is 0. The van der Waals surface area contributed by atoms with E-state index < -0.39 is 11.7 Å². The zero-order valence-electron chi connectivity index (χ0n) is 4.80. The van der Waals surface area contributed by atoms with E-state index in [4.69, 9.17) is 0 Å². The number of carbonyl (C=O) groups is 1. The third-order valence-corrected chi connectivity index (χ3v) is 0.886. The van der Waals surface area contributed by atoms with Gasteiger partial charge in [-0.15, -0.1) is 0 Å². The van der Waals surface area contributed by atoms with Crippen molar-refractivity contribution in [2.75, 3.05) is 0 Å². The number of halogens is 1. The van der Waals surface area contributed by atoms with Gasteiger partial charge in [0.05, 0.1) is 0 Å². The highest BCUT2D eigenvalue weighted by atomic mass is 19.1. The van der Waals surface area contributed by atoms with E-state index >= 15 is 0 Å². The van der Waals surface area contributed by atoms with Gasteiger partial charge in [0.15, 0.2) is 0 Å². The first kappa shape index (κ1) is 6.60. The van der Waals surface area contributed by atoms with Gasteiger partial charge in [-0.05, 0) is 6.07 Å². The molecule has 10 heavy (non-hydrogen) atoms. The Bertz CT molecular complexity index is 307. The molecule has 4 nitrogen and oxygen atoms in total. The molecule has 5 heteroatoms. The number of hydrogen-bond acceptors (Lipinski definition) is 3. The van der Waals surface area contributed by atoms with Crippen LogP contribution in [0.1, 0.15) is 10.5 Å². The largest absolute Gasteiger partial charge is 0.348 e.